The summed E-state index contributed by atoms with van der Waals surface area (Å²) in [6, 6.07) is 18.5. The van der Waals surface area contributed by atoms with Crippen LogP contribution in [-0.4, -0.2) is 37.6 Å². The number of hydrogen-bond acceptors (Lipinski definition) is 11. The molecule has 11 heteroatoms. The molecule has 0 radical (unpaired) electrons. The molecule has 272 valence electrons. The summed E-state index contributed by atoms with van der Waals surface area (Å²) in [6.07, 6.45) is 1.83. The van der Waals surface area contributed by atoms with E-state index in [0.29, 0.717) is 50.9 Å². The smallest absolute Gasteiger partial charge is 0.229 e. The Bertz CT molecular complexity index is 2410. The number of aliphatic hydroxyl groups is 1. The van der Waals surface area contributed by atoms with E-state index in [0.717, 1.165) is 9.79 Å². The van der Waals surface area contributed by atoms with Crippen LogP contribution in [0.15, 0.2) is 82.4 Å². The van der Waals surface area contributed by atoms with Crippen LogP contribution in [0.1, 0.15) is 71.8 Å². The highest BCUT2D eigenvalue weighted by atomic mass is 33.1. The minimum absolute atomic E-state index is 0.00316. The van der Waals surface area contributed by atoms with Gasteiger partial charge in [-0.15, -0.1) is 0 Å². The molecule has 0 saturated carbocycles. The maximum absolute atomic E-state index is 14.0. The number of nitrogen functional groups attached to an aromatic ring is 1. The zero-order valence-corrected chi connectivity index (χ0v) is 31.7. The summed E-state index contributed by atoms with van der Waals surface area (Å²) < 4.78 is 0. The molecule has 0 bridgehead atoms. The van der Waals surface area contributed by atoms with Crippen LogP contribution >= 0.6 is 21.6 Å². The molecule has 0 atom stereocenters. The SMILES string of the molecule is Cc1cc2c(c(O)c1-c1c(C)cc3c(C(C)C)c(O)c(O)c(C=O)c3c1O)/C(=C/Nc1ccccc1SSc1ccccc1N)C(=O)C(O)=C2C(C)C. The van der Waals surface area contributed by atoms with Gasteiger partial charge in [0.2, 0.25) is 5.78 Å². The summed E-state index contributed by atoms with van der Waals surface area (Å²) in [5, 5.41) is 60.9. The van der Waals surface area contributed by atoms with E-state index in [1.54, 1.807) is 26.0 Å². The first kappa shape index (κ1) is 37.2. The topological polar surface area (TPSA) is 173 Å². The van der Waals surface area contributed by atoms with Gasteiger partial charge < -0.3 is 36.6 Å². The second-order valence-electron chi connectivity index (χ2n) is 13.6. The number of aromatic hydroxyl groups is 4. The number of allylic oxidation sites excluding steroid dienone is 2. The number of phenols is 4. The van der Waals surface area contributed by atoms with Crippen LogP contribution in [0.5, 0.6) is 23.0 Å². The molecule has 1 aliphatic rings. The number of aldehydes is 1. The van der Waals surface area contributed by atoms with Crippen molar-refractivity contribution in [2.24, 2.45) is 5.92 Å². The monoisotopic (exact) mass is 748 g/mol. The third-order valence-corrected chi connectivity index (χ3v) is 12.0. The summed E-state index contributed by atoms with van der Waals surface area (Å²) in [5.74, 6) is -3.50. The number of hydrogen-bond donors (Lipinski definition) is 7. The lowest BCUT2D eigenvalue weighted by atomic mass is 9.77. The van der Waals surface area contributed by atoms with E-state index in [1.165, 1.54) is 27.8 Å². The molecule has 0 heterocycles. The van der Waals surface area contributed by atoms with E-state index in [4.69, 9.17) is 5.73 Å². The zero-order valence-electron chi connectivity index (χ0n) is 30.0. The lowest BCUT2D eigenvalue weighted by Crippen LogP contribution is -2.19. The van der Waals surface area contributed by atoms with Crippen LogP contribution < -0.4 is 11.1 Å². The molecule has 6 rings (SSSR count). The van der Waals surface area contributed by atoms with Gasteiger partial charge in [0.05, 0.1) is 16.8 Å². The van der Waals surface area contributed by atoms with Gasteiger partial charge in [-0.05, 0) is 72.0 Å². The Balaban J connectivity index is 1.56. The van der Waals surface area contributed by atoms with E-state index in [2.05, 4.69) is 5.32 Å². The molecule has 1 aliphatic carbocycles. The summed E-state index contributed by atoms with van der Waals surface area (Å²) in [5.41, 5.74) is 9.92. The number of para-hydroxylation sites is 2. The number of nitrogens with one attached hydrogen (secondary N) is 1. The molecule has 0 aliphatic heterocycles. The van der Waals surface area contributed by atoms with E-state index in [1.807, 2.05) is 76.2 Å². The number of anilines is 2. The highest BCUT2D eigenvalue weighted by Gasteiger charge is 2.36. The van der Waals surface area contributed by atoms with Crippen molar-refractivity contribution < 1.29 is 35.1 Å². The first-order valence-electron chi connectivity index (χ1n) is 17.0. The van der Waals surface area contributed by atoms with Gasteiger partial charge in [0.1, 0.15) is 11.5 Å². The van der Waals surface area contributed by atoms with Gasteiger partial charge in [-0.25, -0.2) is 0 Å². The molecule has 0 fully saturated rings. The molecular weight excluding hydrogens is 709 g/mol. The van der Waals surface area contributed by atoms with Gasteiger partial charge in [0.25, 0.3) is 0 Å². The molecule has 0 amide bonds. The Labute approximate surface area is 315 Å². The normalized spacial score (nSPS) is 13.7. The largest absolute Gasteiger partial charge is 0.507 e. The quantitative estimate of drug-likeness (QED) is 0.0251. The lowest BCUT2D eigenvalue weighted by Gasteiger charge is -2.28. The highest BCUT2D eigenvalue weighted by molar-refractivity contribution is 8.76. The van der Waals surface area contributed by atoms with Crippen molar-refractivity contribution in [3.05, 3.63) is 106 Å². The predicted octanol–water partition coefficient (Wildman–Crippen LogP) is 10.2. The van der Waals surface area contributed by atoms with E-state index in [9.17, 15) is 35.1 Å². The Morgan fingerprint density at radius 3 is 1.98 bits per heavy atom. The number of rotatable bonds is 9. The van der Waals surface area contributed by atoms with Crippen molar-refractivity contribution in [3.63, 3.8) is 0 Å². The third-order valence-electron chi connectivity index (χ3n) is 9.49. The Morgan fingerprint density at radius 2 is 1.34 bits per heavy atom. The van der Waals surface area contributed by atoms with Gasteiger partial charge in [0.15, 0.2) is 23.5 Å². The van der Waals surface area contributed by atoms with Crippen molar-refractivity contribution >= 4 is 67.0 Å². The van der Waals surface area contributed by atoms with Gasteiger partial charge in [-0.2, -0.15) is 0 Å². The second kappa shape index (κ2) is 14.5. The van der Waals surface area contributed by atoms with Crippen LogP contribution in [0.25, 0.3) is 33.0 Å². The summed E-state index contributed by atoms with van der Waals surface area (Å²) in [4.78, 5) is 28.1. The number of ketones is 1. The molecule has 0 unspecified atom stereocenters. The zero-order chi connectivity index (χ0) is 38.5. The van der Waals surface area contributed by atoms with Crippen molar-refractivity contribution in [1.29, 1.82) is 0 Å². The lowest BCUT2D eigenvalue weighted by molar-refractivity contribution is -0.112. The van der Waals surface area contributed by atoms with Crippen LogP contribution in [0.4, 0.5) is 11.4 Å². The fourth-order valence-corrected chi connectivity index (χ4v) is 9.33. The first-order chi connectivity index (χ1) is 25.2. The second-order valence-corrected chi connectivity index (χ2v) is 15.8. The van der Waals surface area contributed by atoms with Gasteiger partial charge >= 0.3 is 0 Å². The van der Waals surface area contributed by atoms with Crippen LogP contribution in [-0.2, 0) is 4.79 Å². The number of aryl methyl sites for hydroxylation is 2. The maximum atomic E-state index is 14.0. The van der Waals surface area contributed by atoms with Crippen LogP contribution in [0, 0.1) is 19.8 Å². The first-order valence-corrected chi connectivity index (χ1v) is 19.1. The molecule has 0 aromatic heterocycles. The van der Waals surface area contributed by atoms with Gasteiger partial charge in [-0.1, -0.05) is 85.7 Å². The third kappa shape index (κ3) is 6.34. The highest BCUT2D eigenvalue weighted by Crippen LogP contribution is 2.54. The molecule has 8 N–H and O–H groups in total. The number of carbonyl (C=O) groups is 2. The molecule has 9 nitrogen and oxygen atoms in total. The number of fused-ring (bicyclic) bond motifs is 2. The molecule has 53 heavy (non-hydrogen) atoms. The average Bonchev–Trinajstić information content (AvgIpc) is 3.10. The van der Waals surface area contributed by atoms with Gasteiger partial charge in [0, 0.05) is 54.9 Å². The minimum Gasteiger partial charge on any atom is -0.507 e. The Kier molecular flexibility index (Phi) is 10.2. The average molecular weight is 749 g/mol. The van der Waals surface area contributed by atoms with Crippen molar-refractivity contribution in [3.8, 4) is 34.1 Å². The van der Waals surface area contributed by atoms with E-state index >= 15 is 0 Å². The number of benzene rings is 5. The fraction of sp³-hybridized carbons (Fsp3) is 0.190. The molecule has 0 saturated heterocycles. The summed E-state index contributed by atoms with van der Waals surface area (Å²) in [7, 11) is 2.96. The van der Waals surface area contributed by atoms with Crippen LogP contribution in [0.3, 0.4) is 0 Å². The van der Waals surface area contributed by atoms with Crippen molar-refractivity contribution in [1.82, 2.24) is 0 Å². The molecule has 5 aromatic carbocycles. The Morgan fingerprint density at radius 1 is 0.736 bits per heavy atom. The van der Waals surface area contributed by atoms with E-state index < -0.39 is 23.0 Å². The number of Topliss-reactive ketones (excluding diaryl/α,β-unsaturated/α-hetero) is 1. The van der Waals surface area contributed by atoms with Gasteiger partial charge in [-0.3, -0.25) is 9.59 Å². The number of phenolic OH excluding ortho intramolecular Hbond substituents is 4. The summed E-state index contributed by atoms with van der Waals surface area (Å²) >= 11 is 0. The number of nitrogens with two attached hydrogens (primary N) is 1. The fourth-order valence-electron chi connectivity index (χ4n) is 7.07. The van der Waals surface area contributed by atoms with Crippen molar-refractivity contribution in [2.75, 3.05) is 11.1 Å². The molecule has 5 aromatic rings. The Hall–Kier alpha value is -5.52. The molecule has 0 spiro atoms. The van der Waals surface area contributed by atoms with Crippen LogP contribution in [0.2, 0.25) is 0 Å². The number of carbonyl (C=O) groups excluding carboxylic acids is 2. The van der Waals surface area contributed by atoms with E-state index in [-0.39, 0.29) is 56.5 Å². The number of aliphatic hydroxyl groups excluding tert-OH is 1. The maximum Gasteiger partial charge on any atom is 0.229 e. The molecular formula is C42H40N2O7S2. The summed E-state index contributed by atoms with van der Waals surface area (Å²) in [6.45, 7) is 10.8. The standard InChI is InChI=1S/C42H40N2O7S2/c1-19(2)31-23-15-21(5)33(34-22(6)16-24-32(20(3)4)42(51)38(47)26(18-45)36(24)40(34)49)39(48)35(23)25(37(46)41(31)50)17-44-28-12-8-10-14-30(28)53-52-29-13-9-7-11-27(29)43/h7-20,44,47-51H,43H2,1-6H3/b25-17-. The van der Waals surface area contributed by atoms with Crippen molar-refractivity contribution in [2.45, 2.75) is 57.3 Å². The minimum atomic E-state index is -0.694. The predicted molar refractivity (Wildman–Crippen MR) is 215 cm³/mol.